The van der Waals surface area contributed by atoms with Gasteiger partial charge in [-0.05, 0) is 25.0 Å². The number of hydrogen-bond donors (Lipinski definition) is 0. The van der Waals surface area contributed by atoms with Crippen LogP contribution in [0.4, 0.5) is 0 Å². The second-order valence-corrected chi connectivity index (χ2v) is 3.44. The molecule has 2 heteroatoms. The molecule has 0 aliphatic carbocycles. The lowest BCUT2D eigenvalue weighted by atomic mass is 10.1. The van der Waals surface area contributed by atoms with Gasteiger partial charge in [-0.2, -0.15) is 0 Å². The minimum absolute atomic E-state index is 0.189. The molecule has 0 saturated heterocycles. The maximum Gasteiger partial charge on any atom is 0.170 e. The summed E-state index contributed by atoms with van der Waals surface area (Å²) < 4.78 is 5.37. The second kappa shape index (κ2) is 3.21. The highest BCUT2D eigenvalue weighted by atomic mass is 16.5. The van der Waals surface area contributed by atoms with E-state index in [9.17, 15) is 4.79 Å². The van der Waals surface area contributed by atoms with Gasteiger partial charge in [0.25, 0.3) is 0 Å². The molecule has 68 valence electrons. The van der Waals surface area contributed by atoms with E-state index in [2.05, 4.69) is 6.07 Å². The lowest BCUT2D eigenvalue weighted by molar-refractivity contribution is -0.120. The molecule has 0 radical (unpaired) electrons. The molecule has 1 aliphatic heterocycles. The fourth-order valence-corrected chi connectivity index (χ4v) is 1.55. The number of aryl methyl sites for hydroxylation is 2. The average Bonchev–Trinajstić information content (AvgIpc) is 2.29. The van der Waals surface area contributed by atoms with E-state index in [1.807, 2.05) is 19.1 Å². The number of fused-ring (bicyclic) bond motifs is 1. The number of carbonyl (C=O) groups excluding carboxylic acids is 1. The lowest BCUT2D eigenvalue weighted by Crippen LogP contribution is -2.07. The van der Waals surface area contributed by atoms with Gasteiger partial charge in [-0.25, -0.2) is 0 Å². The Morgan fingerprint density at radius 1 is 1.31 bits per heavy atom. The molecule has 1 aliphatic rings. The molecule has 0 bridgehead atoms. The van der Waals surface area contributed by atoms with Crippen molar-refractivity contribution in [3.8, 4) is 5.75 Å². The van der Waals surface area contributed by atoms with Gasteiger partial charge in [-0.15, -0.1) is 0 Å². The average molecular weight is 176 g/mol. The molecule has 0 N–H and O–H groups in total. The Bertz CT molecular complexity index is 342. The summed E-state index contributed by atoms with van der Waals surface area (Å²) in [5.41, 5.74) is 2.38. The van der Waals surface area contributed by atoms with Crippen LogP contribution in [0.3, 0.4) is 0 Å². The first-order valence-electron chi connectivity index (χ1n) is 4.50. The third kappa shape index (κ3) is 1.72. The lowest BCUT2D eigenvalue weighted by Gasteiger charge is -2.06. The van der Waals surface area contributed by atoms with Crippen molar-refractivity contribution in [2.45, 2.75) is 19.8 Å². The first kappa shape index (κ1) is 8.30. The van der Waals surface area contributed by atoms with E-state index in [0.717, 1.165) is 17.7 Å². The summed E-state index contributed by atoms with van der Waals surface area (Å²) in [5, 5.41) is 0. The largest absolute Gasteiger partial charge is 0.486 e. The molecule has 0 atom stereocenters. The number of hydrogen-bond acceptors (Lipinski definition) is 2. The molecule has 1 heterocycles. The summed E-state index contributed by atoms with van der Waals surface area (Å²) in [4.78, 5) is 11.1. The molecule has 0 unspecified atom stereocenters. The smallest absolute Gasteiger partial charge is 0.170 e. The first-order valence-corrected chi connectivity index (χ1v) is 4.50. The van der Waals surface area contributed by atoms with E-state index in [-0.39, 0.29) is 12.4 Å². The Hall–Kier alpha value is -1.31. The second-order valence-electron chi connectivity index (χ2n) is 3.44. The molecule has 0 spiro atoms. The Kier molecular flexibility index (Phi) is 2.05. The van der Waals surface area contributed by atoms with Crippen molar-refractivity contribution in [3.05, 3.63) is 29.3 Å². The molecule has 1 aromatic carbocycles. The normalized spacial score (nSPS) is 15.9. The van der Waals surface area contributed by atoms with E-state index in [1.165, 1.54) is 5.56 Å². The zero-order valence-corrected chi connectivity index (χ0v) is 7.67. The minimum Gasteiger partial charge on any atom is -0.486 e. The Morgan fingerprint density at radius 3 is 3.00 bits per heavy atom. The standard InChI is InChI=1S/C11H12O2/c1-8-2-5-11-9(6-8)3-4-10(12)7-13-11/h2,5-6H,3-4,7H2,1H3. The predicted octanol–water partition coefficient (Wildman–Crippen LogP) is 1.89. The van der Waals surface area contributed by atoms with Gasteiger partial charge in [0.1, 0.15) is 12.4 Å². The van der Waals surface area contributed by atoms with Gasteiger partial charge in [0.15, 0.2) is 5.78 Å². The summed E-state index contributed by atoms with van der Waals surface area (Å²) in [6.07, 6.45) is 1.42. The molecule has 0 aromatic heterocycles. The number of ketones is 1. The van der Waals surface area contributed by atoms with Crippen LogP contribution in [-0.4, -0.2) is 12.4 Å². The third-order valence-corrected chi connectivity index (χ3v) is 2.28. The van der Waals surface area contributed by atoms with Gasteiger partial charge < -0.3 is 4.74 Å². The van der Waals surface area contributed by atoms with Crippen LogP contribution >= 0.6 is 0 Å². The first-order chi connectivity index (χ1) is 6.25. The molecular formula is C11H12O2. The van der Waals surface area contributed by atoms with Gasteiger partial charge in [-0.1, -0.05) is 17.7 Å². The molecule has 13 heavy (non-hydrogen) atoms. The molecule has 1 aromatic rings. The van der Waals surface area contributed by atoms with Crippen LogP contribution in [-0.2, 0) is 11.2 Å². The van der Waals surface area contributed by atoms with Crippen molar-refractivity contribution in [1.29, 1.82) is 0 Å². The highest BCUT2D eigenvalue weighted by molar-refractivity contribution is 5.80. The van der Waals surface area contributed by atoms with Crippen molar-refractivity contribution in [3.63, 3.8) is 0 Å². The van der Waals surface area contributed by atoms with E-state index < -0.39 is 0 Å². The maximum atomic E-state index is 11.1. The van der Waals surface area contributed by atoms with Gasteiger partial charge in [0.2, 0.25) is 0 Å². The Morgan fingerprint density at radius 2 is 2.15 bits per heavy atom. The Labute approximate surface area is 77.5 Å². The molecule has 0 saturated carbocycles. The van der Waals surface area contributed by atoms with E-state index in [1.54, 1.807) is 0 Å². The van der Waals surface area contributed by atoms with Gasteiger partial charge in [-0.3, -0.25) is 4.79 Å². The van der Waals surface area contributed by atoms with Crippen LogP contribution < -0.4 is 4.74 Å². The highest BCUT2D eigenvalue weighted by Gasteiger charge is 2.13. The number of carbonyl (C=O) groups is 1. The maximum absolute atomic E-state index is 11.1. The van der Waals surface area contributed by atoms with Crippen LogP contribution in [0.15, 0.2) is 18.2 Å². The van der Waals surface area contributed by atoms with Crippen molar-refractivity contribution < 1.29 is 9.53 Å². The Balaban J connectivity index is 2.35. The topological polar surface area (TPSA) is 26.3 Å². The van der Waals surface area contributed by atoms with Gasteiger partial charge in [0, 0.05) is 6.42 Å². The molecule has 2 rings (SSSR count). The predicted molar refractivity (Wildman–Crippen MR) is 50.0 cm³/mol. The third-order valence-electron chi connectivity index (χ3n) is 2.28. The zero-order chi connectivity index (χ0) is 9.26. The van der Waals surface area contributed by atoms with Crippen molar-refractivity contribution >= 4 is 5.78 Å². The number of rotatable bonds is 0. The SMILES string of the molecule is Cc1ccc2c(c1)CCC(=O)CO2. The van der Waals surface area contributed by atoms with Gasteiger partial charge in [0.05, 0.1) is 0 Å². The van der Waals surface area contributed by atoms with Gasteiger partial charge >= 0.3 is 0 Å². The van der Waals surface area contributed by atoms with Crippen LogP contribution in [0.2, 0.25) is 0 Å². The van der Waals surface area contributed by atoms with E-state index >= 15 is 0 Å². The summed E-state index contributed by atoms with van der Waals surface area (Å²) in [7, 11) is 0. The number of benzene rings is 1. The quantitative estimate of drug-likeness (QED) is 0.603. The van der Waals surface area contributed by atoms with Crippen LogP contribution in [0.1, 0.15) is 17.5 Å². The van der Waals surface area contributed by atoms with Crippen molar-refractivity contribution in [1.82, 2.24) is 0 Å². The monoisotopic (exact) mass is 176 g/mol. The van der Waals surface area contributed by atoms with Crippen molar-refractivity contribution in [2.75, 3.05) is 6.61 Å². The van der Waals surface area contributed by atoms with E-state index in [4.69, 9.17) is 4.74 Å². The fourth-order valence-electron chi connectivity index (χ4n) is 1.55. The summed E-state index contributed by atoms with van der Waals surface area (Å²) >= 11 is 0. The van der Waals surface area contributed by atoms with Crippen LogP contribution in [0, 0.1) is 6.92 Å². The fraction of sp³-hybridized carbons (Fsp3) is 0.364. The molecular weight excluding hydrogens is 164 g/mol. The van der Waals surface area contributed by atoms with Crippen LogP contribution in [0.25, 0.3) is 0 Å². The van der Waals surface area contributed by atoms with E-state index in [0.29, 0.717) is 6.42 Å². The molecule has 0 fully saturated rings. The molecule has 0 amide bonds. The summed E-state index contributed by atoms with van der Waals surface area (Å²) in [6.45, 7) is 2.28. The minimum atomic E-state index is 0.189. The number of Topliss-reactive ketones (excluding diaryl/α,β-unsaturated/α-hetero) is 1. The van der Waals surface area contributed by atoms with Crippen LogP contribution in [0.5, 0.6) is 5.75 Å². The highest BCUT2D eigenvalue weighted by Crippen LogP contribution is 2.23. The number of ether oxygens (including phenoxy) is 1. The summed E-state index contributed by atoms with van der Waals surface area (Å²) in [5.74, 6) is 1.06. The van der Waals surface area contributed by atoms with Crippen molar-refractivity contribution in [2.24, 2.45) is 0 Å². The summed E-state index contributed by atoms with van der Waals surface area (Å²) in [6, 6.07) is 6.05. The zero-order valence-electron chi connectivity index (χ0n) is 7.67. The molecule has 2 nitrogen and oxygen atoms in total.